The molecule has 0 spiro atoms. The number of hydrogen-bond donors (Lipinski definition) is 3. The maximum absolute atomic E-state index is 12.4. The third-order valence-corrected chi connectivity index (χ3v) is 4.75. The van der Waals surface area contributed by atoms with Gasteiger partial charge in [-0.25, -0.2) is 0 Å². The number of carbonyl (C=O) groups excluding carboxylic acids is 1. The molecule has 108 valence electrons. The van der Waals surface area contributed by atoms with Crippen LogP contribution in [0.25, 0.3) is 0 Å². The van der Waals surface area contributed by atoms with Crippen molar-refractivity contribution < 1.29 is 14.6 Å². The van der Waals surface area contributed by atoms with Gasteiger partial charge in [-0.15, -0.1) is 0 Å². The Morgan fingerprint density at radius 2 is 2.15 bits per heavy atom. The molecule has 0 saturated heterocycles. The van der Waals surface area contributed by atoms with Crippen molar-refractivity contribution in [2.75, 3.05) is 12.4 Å². The molecule has 0 aromatic heterocycles. The van der Waals surface area contributed by atoms with Crippen LogP contribution in [-0.4, -0.2) is 24.2 Å². The van der Waals surface area contributed by atoms with Crippen LogP contribution in [0.3, 0.4) is 0 Å². The first-order chi connectivity index (χ1) is 9.60. The first-order valence-electron chi connectivity index (χ1n) is 7.03. The smallest absolute Gasteiger partial charge is 0.229 e. The molecule has 1 aromatic carbocycles. The van der Waals surface area contributed by atoms with E-state index >= 15 is 0 Å². The Kier molecular flexibility index (Phi) is 3.30. The predicted molar refractivity (Wildman–Crippen MR) is 75.6 cm³/mol. The van der Waals surface area contributed by atoms with E-state index in [-0.39, 0.29) is 23.6 Å². The van der Waals surface area contributed by atoms with Crippen LogP contribution >= 0.6 is 0 Å². The van der Waals surface area contributed by atoms with E-state index in [4.69, 9.17) is 10.5 Å². The van der Waals surface area contributed by atoms with Crippen LogP contribution in [0.15, 0.2) is 18.2 Å². The van der Waals surface area contributed by atoms with Crippen molar-refractivity contribution in [2.45, 2.75) is 25.3 Å². The Labute approximate surface area is 118 Å². The van der Waals surface area contributed by atoms with E-state index < -0.39 is 0 Å². The number of aromatic hydroxyl groups is 1. The summed E-state index contributed by atoms with van der Waals surface area (Å²) < 4.78 is 5.02. The summed E-state index contributed by atoms with van der Waals surface area (Å²) in [6.07, 6.45) is 3.29. The number of nitrogens with two attached hydrogens (primary N) is 1. The molecule has 4 atom stereocenters. The number of hydrogen-bond acceptors (Lipinski definition) is 4. The molecule has 0 radical (unpaired) electrons. The van der Waals surface area contributed by atoms with Gasteiger partial charge in [0.2, 0.25) is 5.91 Å². The topological polar surface area (TPSA) is 84.6 Å². The zero-order valence-corrected chi connectivity index (χ0v) is 11.5. The number of phenolic OH excluding ortho intramolecular Hbond substituents is 1. The van der Waals surface area contributed by atoms with Crippen LogP contribution < -0.4 is 15.8 Å². The highest BCUT2D eigenvalue weighted by atomic mass is 16.5. The van der Waals surface area contributed by atoms with Crippen LogP contribution in [0.1, 0.15) is 19.3 Å². The molecule has 0 aliphatic heterocycles. The minimum Gasteiger partial charge on any atom is -0.506 e. The lowest BCUT2D eigenvalue weighted by Gasteiger charge is -2.27. The lowest BCUT2D eigenvalue weighted by Crippen LogP contribution is -2.42. The van der Waals surface area contributed by atoms with Crippen molar-refractivity contribution >= 4 is 11.6 Å². The number of carbonyl (C=O) groups is 1. The number of anilines is 1. The quantitative estimate of drug-likeness (QED) is 0.734. The standard InChI is InChI=1S/C15H20N2O3/c1-20-10-4-5-11(12(18)7-10)17-15(19)13-8-2-3-9(6-8)14(13)16/h4-5,7-9,13-14,18H,2-3,6,16H2,1H3,(H,17,19). The fourth-order valence-electron chi connectivity index (χ4n) is 3.69. The maximum Gasteiger partial charge on any atom is 0.229 e. The van der Waals surface area contributed by atoms with E-state index in [0.717, 1.165) is 19.3 Å². The molecule has 3 rings (SSSR count). The van der Waals surface area contributed by atoms with Gasteiger partial charge >= 0.3 is 0 Å². The highest BCUT2D eigenvalue weighted by molar-refractivity contribution is 5.95. The third-order valence-electron chi connectivity index (χ3n) is 4.75. The predicted octanol–water partition coefficient (Wildman–Crippen LogP) is 1.71. The summed E-state index contributed by atoms with van der Waals surface area (Å²) in [4.78, 5) is 12.4. The van der Waals surface area contributed by atoms with Gasteiger partial charge in [-0.2, -0.15) is 0 Å². The van der Waals surface area contributed by atoms with Crippen LogP contribution in [0.4, 0.5) is 5.69 Å². The highest BCUT2D eigenvalue weighted by Gasteiger charge is 2.49. The fourth-order valence-corrected chi connectivity index (χ4v) is 3.69. The first-order valence-corrected chi connectivity index (χ1v) is 7.03. The summed E-state index contributed by atoms with van der Waals surface area (Å²) in [5, 5.41) is 12.7. The molecule has 1 amide bonds. The van der Waals surface area contributed by atoms with Crippen LogP contribution in [0.2, 0.25) is 0 Å². The monoisotopic (exact) mass is 276 g/mol. The molecule has 1 aromatic rings. The number of fused-ring (bicyclic) bond motifs is 2. The van der Waals surface area contributed by atoms with E-state index in [1.807, 2.05) is 0 Å². The summed E-state index contributed by atoms with van der Waals surface area (Å²) >= 11 is 0. The van der Waals surface area contributed by atoms with E-state index in [9.17, 15) is 9.90 Å². The second-order valence-corrected chi connectivity index (χ2v) is 5.81. The maximum atomic E-state index is 12.4. The SMILES string of the molecule is COc1ccc(NC(=O)C2C3CCC(C3)C2N)c(O)c1. The summed E-state index contributed by atoms with van der Waals surface area (Å²) in [6.45, 7) is 0. The minimum absolute atomic E-state index is 0.00873. The molecule has 4 N–H and O–H groups in total. The van der Waals surface area contributed by atoms with Gasteiger partial charge in [-0.05, 0) is 43.2 Å². The number of nitrogens with one attached hydrogen (secondary N) is 1. The Morgan fingerprint density at radius 3 is 2.75 bits per heavy atom. The van der Waals surface area contributed by atoms with Gasteiger partial charge in [0, 0.05) is 12.1 Å². The van der Waals surface area contributed by atoms with Crippen molar-refractivity contribution in [3.8, 4) is 11.5 Å². The van der Waals surface area contributed by atoms with Gasteiger partial charge in [-0.3, -0.25) is 4.79 Å². The lowest BCUT2D eigenvalue weighted by atomic mass is 9.84. The molecule has 4 unspecified atom stereocenters. The molecule has 20 heavy (non-hydrogen) atoms. The molecule has 2 fully saturated rings. The first kappa shape index (κ1) is 13.2. The normalized spacial score (nSPS) is 31.3. The Morgan fingerprint density at radius 1 is 1.40 bits per heavy atom. The molecular weight excluding hydrogens is 256 g/mol. The lowest BCUT2D eigenvalue weighted by molar-refractivity contribution is -0.121. The van der Waals surface area contributed by atoms with E-state index in [1.165, 1.54) is 13.2 Å². The van der Waals surface area contributed by atoms with Crippen LogP contribution in [0, 0.1) is 17.8 Å². The van der Waals surface area contributed by atoms with Crippen molar-refractivity contribution in [3.05, 3.63) is 18.2 Å². The summed E-state index contributed by atoms with van der Waals surface area (Å²) in [5.41, 5.74) is 6.57. The summed E-state index contributed by atoms with van der Waals surface area (Å²) in [5.74, 6) is 1.24. The van der Waals surface area contributed by atoms with Gasteiger partial charge in [0.15, 0.2) is 0 Å². The summed E-state index contributed by atoms with van der Waals surface area (Å²) in [6, 6.07) is 4.78. The van der Waals surface area contributed by atoms with Crippen LogP contribution in [-0.2, 0) is 4.79 Å². The third kappa shape index (κ3) is 2.12. The second kappa shape index (κ2) is 4.98. The molecule has 0 heterocycles. The minimum atomic E-state index is -0.129. The van der Waals surface area contributed by atoms with Gasteiger partial charge in [0.05, 0.1) is 18.7 Å². The van der Waals surface area contributed by atoms with Crippen LogP contribution in [0.5, 0.6) is 11.5 Å². The highest BCUT2D eigenvalue weighted by Crippen LogP contribution is 2.48. The molecule has 2 aliphatic rings. The Hall–Kier alpha value is -1.75. The van der Waals surface area contributed by atoms with Crippen molar-refractivity contribution in [2.24, 2.45) is 23.5 Å². The zero-order chi connectivity index (χ0) is 14.3. The zero-order valence-electron chi connectivity index (χ0n) is 11.5. The van der Waals surface area contributed by atoms with Crippen molar-refractivity contribution in [1.29, 1.82) is 0 Å². The average Bonchev–Trinajstić information content (AvgIpc) is 3.01. The average molecular weight is 276 g/mol. The number of phenols is 1. The van der Waals surface area contributed by atoms with Gasteiger partial charge < -0.3 is 20.9 Å². The molecule has 2 aliphatic carbocycles. The van der Waals surface area contributed by atoms with Gasteiger partial charge in [0.1, 0.15) is 11.5 Å². The summed E-state index contributed by atoms with van der Waals surface area (Å²) in [7, 11) is 1.53. The van der Waals surface area contributed by atoms with E-state index in [1.54, 1.807) is 12.1 Å². The van der Waals surface area contributed by atoms with Crippen molar-refractivity contribution in [1.82, 2.24) is 0 Å². The molecule has 5 nitrogen and oxygen atoms in total. The fraction of sp³-hybridized carbons (Fsp3) is 0.533. The number of benzene rings is 1. The van der Waals surface area contributed by atoms with Gasteiger partial charge in [-0.1, -0.05) is 0 Å². The van der Waals surface area contributed by atoms with E-state index in [0.29, 0.717) is 23.3 Å². The molecule has 5 heteroatoms. The van der Waals surface area contributed by atoms with Crippen molar-refractivity contribution in [3.63, 3.8) is 0 Å². The molecule has 2 bridgehead atoms. The van der Waals surface area contributed by atoms with E-state index in [2.05, 4.69) is 5.32 Å². The Bertz CT molecular complexity index is 530. The number of methoxy groups -OCH3 is 1. The number of ether oxygens (including phenoxy) is 1. The Balaban J connectivity index is 1.73. The molecule has 2 saturated carbocycles. The second-order valence-electron chi connectivity index (χ2n) is 5.81. The van der Waals surface area contributed by atoms with Gasteiger partial charge in [0.25, 0.3) is 0 Å². The number of amides is 1. The number of rotatable bonds is 3. The molecular formula is C15H20N2O3. The largest absolute Gasteiger partial charge is 0.506 e.